The maximum Gasteiger partial charge on any atom is 0.410 e. The molecule has 2 rings (SSSR count). The van der Waals surface area contributed by atoms with Crippen molar-refractivity contribution < 1.29 is 26.7 Å². The average Bonchev–Trinajstić information content (AvgIpc) is 2.83. The van der Waals surface area contributed by atoms with E-state index in [1.54, 1.807) is 27.7 Å². The third-order valence-electron chi connectivity index (χ3n) is 3.86. The monoisotopic (exact) mass is 532 g/mol. The number of hydrogen-bond acceptors (Lipinski definition) is 4. The lowest BCUT2D eigenvalue weighted by atomic mass is 10.2. The van der Waals surface area contributed by atoms with Crippen molar-refractivity contribution in [3.63, 3.8) is 0 Å². The Balaban J connectivity index is 2.22. The van der Waals surface area contributed by atoms with Gasteiger partial charge in [0.25, 0.3) is 0 Å². The fourth-order valence-corrected chi connectivity index (χ4v) is 5.62. The fourth-order valence-electron chi connectivity index (χ4n) is 2.76. The van der Waals surface area contributed by atoms with E-state index in [9.17, 15) is 22.0 Å². The number of benzene rings is 1. The first-order chi connectivity index (χ1) is 12.2. The highest BCUT2D eigenvalue weighted by atomic mass is 79.9. The molecule has 1 fully saturated rings. The molecule has 1 aromatic rings. The molecule has 1 aliphatic rings. The summed E-state index contributed by atoms with van der Waals surface area (Å²) in [6.45, 7) is 7.01. The summed E-state index contributed by atoms with van der Waals surface area (Å²) in [4.78, 5) is 12.8. The molecular weight excluding hydrogens is 514 g/mol. The zero-order chi connectivity index (χ0) is 20.7. The first kappa shape index (κ1) is 22.5. The lowest BCUT2D eigenvalue weighted by Gasteiger charge is -2.27. The summed E-state index contributed by atoms with van der Waals surface area (Å²) in [5.74, 6) is -2.02. The number of sulfonamides is 1. The summed E-state index contributed by atoms with van der Waals surface area (Å²) in [6.07, 6.45) is -0.244. The zero-order valence-corrected chi connectivity index (χ0v) is 19.1. The summed E-state index contributed by atoms with van der Waals surface area (Å²) in [6, 6.07) is -0.105. The van der Waals surface area contributed by atoms with Gasteiger partial charge in [-0.25, -0.2) is 26.7 Å². The highest BCUT2D eigenvalue weighted by Gasteiger charge is 2.38. The molecule has 2 atom stereocenters. The lowest BCUT2D eigenvalue weighted by molar-refractivity contribution is 0.0236. The number of carbonyl (C=O) groups excluding carboxylic acids is 1. The van der Waals surface area contributed by atoms with Crippen LogP contribution in [0.1, 0.15) is 34.1 Å². The molecule has 0 saturated carbocycles. The Morgan fingerprint density at radius 1 is 1.33 bits per heavy atom. The Kier molecular flexibility index (Phi) is 6.60. The number of halogens is 4. The number of nitrogens with one attached hydrogen (secondary N) is 1. The highest BCUT2D eigenvalue weighted by molar-refractivity contribution is 9.11. The van der Waals surface area contributed by atoms with Crippen LogP contribution in [0.5, 0.6) is 0 Å². The normalized spacial score (nSPS) is 20.8. The summed E-state index contributed by atoms with van der Waals surface area (Å²) in [7, 11) is -4.38. The zero-order valence-electron chi connectivity index (χ0n) is 15.1. The van der Waals surface area contributed by atoms with Gasteiger partial charge in [-0.15, -0.1) is 0 Å². The van der Waals surface area contributed by atoms with E-state index in [4.69, 9.17) is 4.74 Å². The minimum atomic E-state index is -4.38. The molecule has 152 valence electrons. The van der Waals surface area contributed by atoms with Crippen molar-refractivity contribution in [2.75, 3.05) is 6.54 Å². The summed E-state index contributed by atoms with van der Waals surface area (Å²) in [5.41, 5.74) is -0.684. The van der Waals surface area contributed by atoms with Crippen molar-refractivity contribution in [2.45, 2.75) is 56.7 Å². The number of carbonyl (C=O) groups is 1. The molecule has 11 heteroatoms. The molecule has 0 unspecified atom stereocenters. The number of ether oxygens (including phenoxy) is 1. The quantitative estimate of drug-likeness (QED) is 0.592. The van der Waals surface area contributed by atoms with Crippen molar-refractivity contribution >= 4 is 48.0 Å². The maximum absolute atomic E-state index is 14.3. The third kappa shape index (κ3) is 5.18. The van der Waals surface area contributed by atoms with Gasteiger partial charge in [0.2, 0.25) is 10.0 Å². The maximum atomic E-state index is 14.3. The predicted octanol–water partition coefficient (Wildman–Crippen LogP) is 4.17. The van der Waals surface area contributed by atoms with Crippen molar-refractivity contribution in [1.82, 2.24) is 9.62 Å². The second-order valence-corrected chi connectivity index (χ2v) is 10.6. The van der Waals surface area contributed by atoms with Crippen LogP contribution in [0, 0.1) is 11.6 Å². The van der Waals surface area contributed by atoms with E-state index in [2.05, 4.69) is 36.6 Å². The summed E-state index contributed by atoms with van der Waals surface area (Å²) < 4.78 is 60.3. The summed E-state index contributed by atoms with van der Waals surface area (Å²) in [5, 5.41) is 0. The van der Waals surface area contributed by atoms with Crippen molar-refractivity contribution in [2.24, 2.45) is 0 Å². The Bertz CT molecular complexity index is 833. The first-order valence-corrected chi connectivity index (χ1v) is 11.1. The largest absolute Gasteiger partial charge is 0.444 e. The second-order valence-electron chi connectivity index (χ2n) is 7.33. The molecule has 0 aliphatic carbocycles. The standard InChI is InChI=1S/C16H20Br2F2N2O4S/c1-8-5-9(7-22(8)15(23)26-16(2,3)4)21-27(24,25)14-12(18)11(19)6-10(17)13(14)20/h6,8-9,21H,5,7H2,1-4H3/t8-,9+/m0/s1. The van der Waals surface area contributed by atoms with Gasteiger partial charge in [0.15, 0.2) is 5.82 Å². The van der Waals surface area contributed by atoms with Gasteiger partial charge >= 0.3 is 6.09 Å². The average molecular weight is 534 g/mol. The Hall–Kier alpha value is -0.780. The van der Waals surface area contributed by atoms with E-state index in [0.717, 1.165) is 6.07 Å². The molecule has 1 aromatic carbocycles. The van der Waals surface area contributed by atoms with E-state index in [1.807, 2.05) is 0 Å². The van der Waals surface area contributed by atoms with Crippen LogP contribution in [-0.2, 0) is 14.8 Å². The molecule has 1 N–H and O–H groups in total. The lowest BCUT2D eigenvalue weighted by Crippen LogP contribution is -2.41. The van der Waals surface area contributed by atoms with Crippen LogP contribution in [0.15, 0.2) is 19.9 Å². The molecular formula is C16H20Br2F2N2O4S. The van der Waals surface area contributed by atoms with E-state index in [-0.39, 0.29) is 17.1 Å². The minimum Gasteiger partial charge on any atom is -0.444 e. The molecule has 0 bridgehead atoms. The van der Waals surface area contributed by atoms with Gasteiger partial charge in [0.1, 0.15) is 16.3 Å². The van der Waals surface area contributed by atoms with Gasteiger partial charge < -0.3 is 9.64 Å². The second kappa shape index (κ2) is 7.92. The van der Waals surface area contributed by atoms with Gasteiger partial charge in [0.05, 0.1) is 8.95 Å². The van der Waals surface area contributed by atoms with E-state index in [1.165, 1.54) is 4.90 Å². The molecule has 6 nitrogen and oxygen atoms in total. The fraction of sp³-hybridized carbons (Fsp3) is 0.562. The smallest absolute Gasteiger partial charge is 0.410 e. The number of rotatable bonds is 3. The number of nitrogens with zero attached hydrogens (tertiary/aromatic N) is 1. The van der Waals surface area contributed by atoms with E-state index in [0.29, 0.717) is 6.42 Å². The molecule has 27 heavy (non-hydrogen) atoms. The van der Waals surface area contributed by atoms with E-state index >= 15 is 0 Å². The topological polar surface area (TPSA) is 75.7 Å². The van der Waals surface area contributed by atoms with Gasteiger partial charge in [-0.3, -0.25) is 0 Å². The summed E-state index contributed by atoms with van der Waals surface area (Å²) >= 11 is 5.60. The molecule has 1 saturated heterocycles. The van der Waals surface area contributed by atoms with Crippen molar-refractivity contribution in [1.29, 1.82) is 0 Å². The van der Waals surface area contributed by atoms with Crippen LogP contribution in [0.25, 0.3) is 0 Å². The number of likely N-dealkylation sites (tertiary alicyclic amines) is 1. The first-order valence-electron chi connectivity index (χ1n) is 8.08. The van der Waals surface area contributed by atoms with Crippen molar-refractivity contribution in [3.05, 3.63) is 26.6 Å². The van der Waals surface area contributed by atoms with Crippen LogP contribution in [-0.4, -0.2) is 43.6 Å². The van der Waals surface area contributed by atoms with Gasteiger partial charge in [-0.05, 0) is 72.0 Å². The van der Waals surface area contributed by atoms with Crippen LogP contribution >= 0.6 is 31.9 Å². The molecule has 0 aromatic heterocycles. The minimum absolute atomic E-state index is 0.0605. The van der Waals surface area contributed by atoms with Crippen LogP contribution in [0.3, 0.4) is 0 Å². The number of amides is 1. The van der Waals surface area contributed by atoms with Crippen molar-refractivity contribution in [3.8, 4) is 0 Å². The SMILES string of the molecule is C[C@H]1C[C@@H](NS(=O)(=O)c2c(F)c(Br)cc(F)c2Br)CN1C(=O)OC(C)(C)C. The molecule has 0 radical (unpaired) electrons. The predicted molar refractivity (Wildman–Crippen MR) is 103 cm³/mol. The Morgan fingerprint density at radius 2 is 1.93 bits per heavy atom. The molecule has 1 aliphatic heterocycles. The molecule has 0 spiro atoms. The van der Waals surface area contributed by atoms with Gasteiger partial charge in [-0.1, -0.05) is 0 Å². The Labute approximate surface area is 173 Å². The number of hydrogen-bond donors (Lipinski definition) is 1. The highest BCUT2D eigenvalue weighted by Crippen LogP contribution is 2.33. The van der Waals surface area contributed by atoms with E-state index < -0.39 is 48.8 Å². The van der Waals surface area contributed by atoms with Gasteiger partial charge in [0, 0.05) is 18.6 Å². The third-order valence-corrected chi connectivity index (χ3v) is 7.04. The van der Waals surface area contributed by atoms with Crippen LogP contribution in [0.4, 0.5) is 13.6 Å². The van der Waals surface area contributed by atoms with Crippen LogP contribution in [0.2, 0.25) is 0 Å². The Morgan fingerprint density at radius 3 is 2.48 bits per heavy atom. The van der Waals surface area contributed by atoms with Crippen LogP contribution < -0.4 is 4.72 Å². The molecule has 1 heterocycles. The molecule has 1 amide bonds. The van der Waals surface area contributed by atoms with Gasteiger partial charge in [-0.2, -0.15) is 0 Å².